The van der Waals surface area contributed by atoms with Crippen LogP contribution in [0, 0.1) is 0 Å². The van der Waals surface area contributed by atoms with Crippen molar-refractivity contribution in [2.45, 2.75) is 6.54 Å². The van der Waals surface area contributed by atoms with Gasteiger partial charge in [0.15, 0.2) is 0 Å². The molecule has 0 saturated heterocycles. The number of nitrogens with zero attached hydrogens (tertiary/aromatic N) is 2. The normalized spacial score (nSPS) is 10.7. The van der Waals surface area contributed by atoms with Crippen molar-refractivity contribution in [3.8, 4) is 0 Å². The van der Waals surface area contributed by atoms with Crippen LogP contribution in [0.15, 0.2) is 59.7 Å². The largest absolute Gasteiger partial charge is 0.388 e. The van der Waals surface area contributed by atoms with Crippen LogP contribution in [0.3, 0.4) is 0 Å². The molecule has 0 aliphatic carbocycles. The van der Waals surface area contributed by atoms with Crippen LogP contribution in [0.2, 0.25) is 0 Å². The number of aromatic nitrogens is 2. The molecule has 0 radical (unpaired) electrons. The molecule has 0 spiro atoms. The number of benzene rings is 1. The first kappa shape index (κ1) is 13.5. The molecule has 21 heavy (non-hydrogen) atoms. The Balaban J connectivity index is 2.09. The first-order valence-electron chi connectivity index (χ1n) is 6.49. The average Bonchev–Trinajstić information content (AvgIpc) is 2.51. The minimum Gasteiger partial charge on any atom is -0.388 e. The summed E-state index contributed by atoms with van der Waals surface area (Å²) in [7, 11) is 0. The molecule has 3 rings (SSSR count). The summed E-state index contributed by atoms with van der Waals surface area (Å²) in [4.78, 5) is 16.9. The fraction of sp³-hybridized carbons (Fsp3) is 0.0625. The second-order valence-electron chi connectivity index (χ2n) is 4.71. The summed E-state index contributed by atoms with van der Waals surface area (Å²) in [6, 6.07) is 13.1. The molecule has 2 N–H and O–H groups in total. The molecule has 1 aromatic carbocycles. The SMILES string of the molecule is NC(=S)c1ncccc1Cn1ccc2ccccc2c1=O. The van der Waals surface area contributed by atoms with Gasteiger partial charge in [-0.3, -0.25) is 9.78 Å². The molecule has 5 heteroatoms. The molecule has 104 valence electrons. The van der Waals surface area contributed by atoms with Crippen LogP contribution >= 0.6 is 12.2 Å². The monoisotopic (exact) mass is 295 g/mol. The zero-order valence-corrected chi connectivity index (χ0v) is 12.0. The molecule has 0 saturated carbocycles. The molecule has 0 amide bonds. The highest BCUT2D eigenvalue weighted by atomic mass is 32.1. The van der Waals surface area contributed by atoms with Crippen LogP contribution in [0.1, 0.15) is 11.3 Å². The quantitative estimate of drug-likeness (QED) is 0.752. The van der Waals surface area contributed by atoms with Crippen LogP contribution in [-0.2, 0) is 6.54 Å². The third kappa shape index (κ3) is 2.55. The summed E-state index contributed by atoms with van der Waals surface area (Å²) in [5.41, 5.74) is 7.04. The van der Waals surface area contributed by atoms with E-state index in [4.69, 9.17) is 18.0 Å². The van der Waals surface area contributed by atoms with Gasteiger partial charge in [0.05, 0.1) is 6.54 Å². The van der Waals surface area contributed by atoms with Crippen molar-refractivity contribution >= 4 is 28.0 Å². The highest BCUT2D eigenvalue weighted by Gasteiger charge is 2.08. The average molecular weight is 295 g/mol. The molecule has 2 heterocycles. The van der Waals surface area contributed by atoms with Gasteiger partial charge in [0.25, 0.3) is 5.56 Å². The lowest BCUT2D eigenvalue weighted by Crippen LogP contribution is -2.22. The van der Waals surface area contributed by atoms with Gasteiger partial charge in [0.2, 0.25) is 0 Å². The Labute approximate surface area is 126 Å². The maximum absolute atomic E-state index is 12.5. The standard InChI is InChI=1S/C16H13N3OS/c17-15(21)14-12(5-3-8-18-14)10-19-9-7-11-4-1-2-6-13(11)16(19)20/h1-9H,10H2,(H2,17,21). The van der Waals surface area contributed by atoms with Crippen LogP contribution in [0.4, 0.5) is 0 Å². The molecule has 0 aliphatic heterocycles. The zero-order chi connectivity index (χ0) is 14.8. The van der Waals surface area contributed by atoms with E-state index in [1.165, 1.54) is 0 Å². The van der Waals surface area contributed by atoms with Crippen molar-refractivity contribution in [2.75, 3.05) is 0 Å². The second-order valence-corrected chi connectivity index (χ2v) is 5.15. The summed E-state index contributed by atoms with van der Waals surface area (Å²) in [6.45, 7) is 0.393. The number of thiocarbonyl (C=S) groups is 1. The summed E-state index contributed by atoms with van der Waals surface area (Å²) >= 11 is 5.00. The van der Waals surface area contributed by atoms with Crippen molar-refractivity contribution in [2.24, 2.45) is 5.73 Å². The van der Waals surface area contributed by atoms with E-state index in [2.05, 4.69) is 4.98 Å². The van der Waals surface area contributed by atoms with E-state index < -0.39 is 0 Å². The number of pyridine rings is 2. The minimum absolute atomic E-state index is 0.0363. The lowest BCUT2D eigenvalue weighted by atomic mass is 10.1. The molecule has 0 bridgehead atoms. The van der Waals surface area contributed by atoms with Crippen molar-refractivity contribution in [3.63, 3.8) is 0 Å². The zero-order valence-electron chi connectivity index (χ0n) is 11.2. The molecule has 0 fully saturated rings. The van der Waals surface area contributed by atoms with Gasteiger partial charge in [-0.15, -0.1) is 0 Å². The van der Waals surface area contributed by atoms with Gasteiger partial charge in [-0.25, -0.2) is 0 Å². The second kappa shape index (κ2) is 5.46. The molecule has 4 nitrogen and oxygen atoms in total. The Morgan fingerprint density at radius 2 is 2.00 bits per heavy atom. The van der Waals surface area contributed by atoms with E-state index >= 15 is 0 Å². The number of rotatable bonds is 3. The summed E-state index contributed by atoms with van der Waals surface area (Å²) in [6.07, 6.45) is 3.42. The van der Waals surface area contributed by atoms with Gasteiger partial charge in [0, 0.05) is 23.3 Å². The molecular formula is C16H13N3OS. The fourth-order valence-electron chi connectivity index (χ4n) is 2.33. The minimum atomic E-state index is -0.0363. The van der Waals surface area contributed by atoms with Crippen molar-refractivity contribution in [1.82, 2.24) is 9.55 Å². The van der Waals surface area contributed by atoms with Crippen LogP contribution < -0.4 is 11.3 Å². The number of nitrogens with two attached hydrogens (primary N) is 1. The smallest absolute Gasteiger partial charge is 0.258 e. The van der Waals surface area contributed by atoms with Crippen molar-refractivity contribution in [1.29, 1.82) is 0 Å². The molecule has 0 atom stereocenters. The van der Waals surface area contributed by atoms with E-state index in [0.29, 0.717) is 17.6 Å². The maximum atomic E-state index is 12.5. The van der Waals surface area contributed by atoms with Crippen molar-refractivity contribution in [3.05, 3.63) is 76.5 Å². The summed E-state index contributed by atoms with van der Waals surface area (Å²) in [5, 5.41) is 1.63. The third-order valence-corrected chi connectivity index (χ3v) is 3.54. The Morgan fingerprint density at radius 1 is 1.19 bits per heavy atom. The lowest BCUT2D eigenvalue weighted by molar-refractivity contribution is 0.763. The molecule has 2 aromatic heterocycles. The summed E-state index contributed by atoms with van der Waals surface area (Å²) in [5.74, 6) is 0. The third-order valence-electron chi connectivity index (χ3n) is 3.35. The van der Waals surface area contributed by atoms with Crippen LogP contribution in [0.5, 0.6) is 0 Å². The highest BCUT2D eigenvalue weighted by Crippen LogP contribution is 2.11. The molecular weight excluding hydrogens is 282 g/mol. The van der Waals surface area contributed by atoms with Crippen molar-refractivity contribution < 1.29 is 0 Å². The number of hydrogen-bond donors (Lipinski definition) is 1. The molecule has 3 aromatic rings. The Bertz CT molecular complexity index is 886. The van der Waals surface area contributed by atoms with Gasteiger partial charge in [-0.1, -0.05) is 36.5 Å². The number of fused-ring (bicyclic) bond motifs is 1. The van der Waals surface area contributed by atoms with E-state index in [0.717, 1.165) is 10.9 Å². The van der Waals surface area contributed by atoms with E-state index in [1.807, 2.05) is 42.5 Å². The van der Waals surface area contributed by atoms with E-state index in [-0.39, 0.29) is 10.5 Å². The first-order chi connectivity index (χ1) is 10.2. The van der Waals surface area contributed by atoms with Gasteiger partial charge in [-0.2, -0.15) is 0 Å². The predicted molar refractivity (Wildman–Crippen MR) is 87.4 cm³/mol. The summed E-state index contributed by atoms with van der Waals surface area (Å²) < 4.78 is 1.64. The number of hydrogen-bond acceptors (Lipinski definition) is 3. The van der Waals surface area contributed by atoms with Gasteiger partial charge >= 0.3 is 0 Å². The van der Waals surface area contributed by atoms with Crippen LogP contribution in [-0.4, -0.2) is 14.5 Å². The predicted octanol–water partition coefficient (Wildman–Crippen LogP) is 2.08. The van der Waals surface area contributed by atoms with Gasteiger partial charge in [0.1, 0.15) is 10.7 Å². The van der Waals surface area contributed by atoms with Gasteiger partial charge < -0.3 is 10.3 Å². The molecule has 0 unspecified atom stereocenters. The molecule has 0 aliphatic rings. The van der Waals surface area contributed by atoms with Crippen LogP contribution in [0.25, 0.3) is 10.8 Å². The Hall–Kier alpha value is -2.53. The fourth-order valence-corrected chi connectivity index (χ4v) is 2.51. The highest BCUT2D eigenvalue weighted by molar-refractivity contribution is 7.80. The van der Waals surface area contributed by atoms with Gasteiger partial charge in [-0.05, 0) is 23.6 Å². The lowest BCUT2D eigenvalue weighted by Gasteiger charge is -2.10. The Morgan fingerprint density at radius 3 is 2.81 bits per heavy atom. The topological polar surface area (TPSA) is 60.9 Å². The first-order valence-corrected chi connectivity index (χ1v) is 6.89. The maximum Gasteiger partial charge on any atom is 0.258 e. The van der Waals surface area contributed by atoms with E-state index in [9.17, 15) is 4.79 Å². The van der Waals surface area contributed by atoms with E-state index in [1.54, 1.807) is 17.0 Å². The Kier molecular flexibility index (Phi) is 3.50.